The lowest BCUT2D eigenvalue weighted by Gasteiger charge is -2.34. The molecular weight excluding hydrogens is 1030 g/mol. The molecule has 8 amide bonds. The number of likely N-dealkylation sites (N-methyl/N-ethyl adjacent to an activating group) is 1. The van der Waals surface area contributed by atoms with Crippen LogP contribution in [0.15, 0.2) is 79.0 Å². The van der Waals surface area contributed by atoms with E-state index in [1.165, 1.54) is 63.5 Å². The van der Waals surface area contributed by atoms with E-state index in [1.807, 2.05) is 0 Å². The van der Waals surface area contributed by atoms with Gasteiger partial charge in [-0.1, -0.05) is 74.3 Å². The normalized spacial score (nSPS) is 27.8. The third-order valence-corrected chi connectivity index (χ3v) is 13.7. The molecular formula is C52H64ClN9O15. The summed E-state index contributed by atoms with van der Waals surface area (Å²) in [7, 11) is 1.31. The number of esters is 2. The lowest BCUT2D eigenvalue weighted by Crippen LogP contribution is -2.62. The zero-order valence-electron chi connectivity index (χ0n) is 43.4. The Hall–Kier alpha value is -7.83. The highest BCUT2D eigenvalue weighted by Crippen LogP contribution is 2.35. The predicted molar refractivity (Wildman–Crippen MR) is 273 cm³/mol. The number of carbonyl (C=O) groups excluding carboxylic acids is 10. The largest absolute Gasteiger partial charge is 0.487 e. The average Bonchev–Trinajstić information content (AvgIpc) is 4.09. The monoisotopic (exact) mass is 1090 g/mol. The number of amides is 8. The maximum atomic E-state index is 15.2. The fraction of sp³-hybridized carbons (Fsp3) is 0.462. The molecule has 24 nitrogen and oxygen atoms in total. The maximum absolute atomic E-state index is 15.2. The molecule has 12 atom stereocenters. The summed E-state index contributed by atoms with van der Waals surface area (Å²) in [6.45, 7) is 7.15. The Balaban J connectivity index is 1.49. The van der Waals surface area contributed by atoms with Crippen molar-refractivity contribution in [2.45, 2.75) is 121 Å². The number of epoxide rings is 1. The summed E-state index contributed by atoms with van der Waals surface area (Å²) in [6.07, 6.45) is -0.00508. The fourth-order valence-corrected chi connectivity index (χ4v) is 8.47. The number of aliphatic hydroxyl groups excluding tert-OH is 1. The van der Waals surface area contributed by atoms with Crippen LogP contribution in [0.1, 0.15) is 75.6 Å². The Labute approximate surface area is 448 Å². The van der Waals surface area contributed by atoms with Crippen molar-refractivity contribution in [2.24, 2.45) is 5.92 Å². The number of H-pyrrole nitrogens is 1. The molecule has 3 aromatic rings. The summed E-state index contributed by atoms with van der Waals surface area (Å²) in [5.41, 5.74) is -0.378. The van der Waals surface area contributed by atoms with Crippen molar-refractivity contribution >= 4 is 70.8 Å². The highest BCUT2D eigenvalue weighted by molar-refractivity contribution is 6.33. The number of nitrogens with zero attached hydrogens (tertiary/aromatic N) is 1. The number of fused-ring (bicyclic) bond motifs is 9. The third-order valence-electron chi connectivity index (χ3n) is 13.4. The molecule has 7 rings (SSSR count). The second-order valence-electron chi connectivity index (χ2n) is 19.1. The number of benzene rings is 2. The summed E-state index contributed by atoms with van der Waals surface area (Å²) in [6, 6.07) is 4.33. The number of aromatic amines is 1. The Kier molecular flexibility index (Phi) is 19.6. The molecule has 4 bridgehead atoms. The standard InChI is InChI=1S/C52H64ClN9O15/c1-8-26(2)39-46(68)61-42-32-14-16-33(17-15-32)77-30(6)52(25-75-52)20-18-37(64)55-23-38(65)74-24-35(57-47(69)40(28(4)63)59-45(67)36(62(7)50(42)72)22-31-12-10-9-11-13-31)51(73)76-29(5)41(48(70)58-39)60-44(66)27(3)56-49(71)43-34(53)19-21-54-43/h9-21,26-30,35-36,39-42,54,63H,8,22-25H2,1-7H3,(H,55,64)(H,56,71)(H,57,69)(H,58,70)(H,59,67)(H,60,66)(H,61,68)/b20-18+. The molecule has 77 heavy (non-hydrogen) atoms. The average molecular weight is 1090 g/mol. The summed E-state index contributed by atoms with van der Waals surface area (Å²) < 4.78 is 23.0. The number of nitrogens with one attached hydrogen (secondary N) is 8. The van der Waals surface area contributed by atoms with E-state index in [1.54, 1.807) is 51.1 Å². The van der Waals surface area contributed by atoms with E-state index in [-0.39, 0.29) is 41.5 Å². The van der Waals surface area contributed by atoms with Gasteiger partial charge in [-0.25, -0.2) is 4.79 Å². The fourth-order valence-electron chi connectivity index (χ4n) is 8.27. The van der Waals surface area contributed by atoms with Crippen molar-refractivity contribution in [1.29, 1.82) is 0 Å². The van der Waals surface area contributed by atoms with Crippen LogP contribution in [0.3, 0.4) is 0 Å². The van der Waals surface area contributed by atoms with Crippen LogP contribution < -0.4 is 42.0 Å². The van der Waals surface area contributed by atoms with Crippen molar-refractivity contribution in [1.82, 2.24) is 47.1 Å². The topological polar surface area (TPSA) is 334 Å². The molecule has 2 aromatic carbocycles. The zero-order valence-corrected chi connectivity index (χ0v) is 44.1. The quantitative estimate of drug-likeness (QED) is 0.0989. The molecule has 12 unspecified atom stereocenters. The molecule has 4 aliphatic heterocycles. The van der Waals surface area contributed by atoms with E-state index in [0.717, 1.165) is 17.9 Å². The zero-order chi connectivity index (χ0) is 56.3. The molecule has 2 saturated heterocycles. The first-order chi connectivity index (χ1) is 36.5. The van der Waals surface area contributed by atoms with E-state index >= 15 is 4.79 Å². The van der Waals surface area contributed by atoms with Crippen LogP contribution in [0.5, 0.6) is 5.75 Å². The van der Waals surface area contributed by atoms with E-state index < -0.39 is 144 Å². The number of halogens is 1. The van der Waals surface area contributed by atoms with Crippen molar-refractivity contribution in [3.8, 4) is 5.75 Å². The molecule has 414 valence electrons. The first-order valence-electron chi connectivity index (χ1n) is 24.9. The van der Waals surface area contributed by atoms with Crippen molar-refractivity contribution < 1.29 is 72.0 Å². The smallest absolute Gasteiger partial charge is 0.332 e. The summed E-state index contributed by atoms with van der Waals surface area (Å²) in [5, 5.41) is 28.6. The molecule has 2 fully saturated rings. The molecule has 1 aromatic heterocycles. The number of aromatic nitrogens is 1. The summed E-state index contributed by atoms with van der Waals surface area (Å²) in [4.78, 5) is 145. The lowest BCUT2D eigenvalue weighted by molar-refractivity contribution is -0.160. The highest BCUT2D eigenvalue weighted by Gasteiger charge is 2.49. The minimum absolute atomic E-state index is 0.0467. The van der Waals surface area contributed by atoms with Gasteiger partial charge in [0.2, 0.25) is 41.4 Å². The molecule has 0 aliphatic carbocycles. The van der Waals surface area contributed by atoms with E-state index in [2.05, 4.69) is 42.2 Å². The van der Waals surface area contributed by atoms with Gasteiger partial charge >= 0.3 is 11.9 Å². The highest BCUT2D eigenvalue weighted by atomic mass is 35.5. The Bertz CT molecular complexity index is 2720. The molecule has 4 aliphatic rings. The van der Waals surface area contributed by atoms with Crippen molar-refractivity contribution in [3.05, 3.63) is 101 Å². The number of rotatable bonds is 9. The first-order valence-corrected chi connectivity index (χ1v) is 25.3. The number of hydrogen-bond acceptors (Lipinski definition) is 15. The number of aliphatic hydroxyl groups is 1. The Morgan fingerprint density at radius 3 is 2.14 bits per heavy atom. The SMILES string of the molecule is CCC(C)C1NC(=O)C(NC(=O)C(C)NC(=O)c2[nH]ccc2Cl)C(C)OC(=O)C2COC(=O)CNC(=O)/C=C/C3(CO3)C(C)Oc3ccc(cc3)C(NC1=O)C(=O)N(C)C(Cc1ccccc1)C(=O)NC(C(C)O)C(=O)N2. The molecule has 0 saturated carbocycles. The Morgan fingerprint density at radius 2 is 1.52 bits per heavy atom. The number of carbonyl (C=O) groups is 10. The van der Waals surface area contributed by atoms with Crippen LogP contribution in [-0.2, 0) is 63.8 Å². The summed E-state index contributed by atoms with van der Waals surface area (Å²) >= 11 is 6.12. The predicted octanol–water partition coefficient (Wildman–Crippen LogP) is -0.209. The van der Waals surface area contributed by atoms with Crippen LogP contribution >= 0.6 is 11.6 Å². The van der Waals surface area contributed by atoms with Gasteiger partial charge in [0.05, 0.1) is 17.7 Å². The Morgan fingerprint density at radius 1 is 0.857 bits per heavy atom. The van der Waals surface area contributed by atoms with Gasteiger partial charge < -0.3 is 71.2 Å². The van der Waals surface area contributed by atoms with Crippen molar-refractivity contribution in [2.75, 3.05) is 26.8 Å². The maximum Gasteiger partial charge on any atom is 0.332 e. The number of ether oxygens (including phenoxy) is 4. The van der Waals surface area contributed by atoms with E-state index in [4.69, 9.17) is 30.5 Å². The minimum Gasteiger partial charge on any atom is -0.487 e. The van der Waals surface area contributed by atoms with Crippen molar-refractivity contribution in [3.63, 3.8) is 0 Å². The molecule has 25 heteroatoms. The van der Waals surface area contributed by atoms with Gasteiger partial charge in [0.1, 0.15) is 78.7 Å². The molecule has 5 heterocycles. The summed E-state index contributed by atoms with van der Waals surface area (Å²) in [5.74, 6) is -10.4. The van der Waals surface area contributed by atoms with Gasteiger partial charge in [0, 0.05) is 25.7 Å². The number of hydrogen-bond donors (Lipinski definition) is 9. The molecule has 1 spiro atoms. The van der Waals surface area contributed by atoms with Gasteiger partial charge in [0.25, 0.3) is 5.91 Å². The van der Waals surface area contributed by atoms with Crippen LogP contribution in [-0.4, -0.2) is 161 Å². The van der Waals surface area contributed by atoms with Crippen LogP contribution in [0.25, 0.3) is 0 Å². The van der Waals surface area contributed by atoms with Crippen LogP contribution in [0.4, 0.5) is 0 Å². The van der Waals surface area contributed by atoms with E-state index in [9.17, 15) is 48.3 Å². The third kappa shape index (κ3) is 15.0. The molecule has 9 N–H and O–H groups in total. The lowest BCUT2D eigenvalue weighted by atomic mass is 9.96. The van der Waals surface area contributed by atoms with Gasteiger partial charge in [-0.05, 0) is 69.0 Å². The molecule has 0 radical (unpaired) electrons. The number of cyclic esters (lactones) is 1. The van der Waals surface area contributed by atoms with Crippen LogP contribution in [0.2, 0.25) is 5.02 Å². The van der Waals surface area contributed by atoms with E-state index in [0.29, 0.717) is 5.56 Å². The minimum atomic E-state index is -1.98. The van der Waals surface area contributed by atoms with Gasteiger partial charge in [-0.3, -0.25) is 43.2 Å². The van der Waals surface area contributed by atoms with Gasteiger partial charge in [-0.2, -0.15) is 0 Å². The second-order valence-corrected chi connectivity index (χ2v) is 19.5. The van der Waals surface area contributed by atoms with Gasteiger partial charge in [0.15, 0.2) is 6.04 Å². The van der Waals surface area contributed by atoms with Crippen LogP contribution in [0, 0.1) is 5.92 Å². The van der Waals surface area contributed by atoms with Gasteiger partial charge in [-0.15, -0.1) is 0 Å². The first kappa shape index (κ1) is 58.4. The second kappa shape index (κ2) is 25.8.